The Labute approximate surface area is 151 Å². The van der Waals surface area contributed by atoms with Gasteiger partial charge >= 0.3 is 12.1 Å². The Hall–Kier alpha value is -2.52. The number of rotatable bonds is 6. The Bertz CT molecular complexity index is 817. The lowest BCUT2D eigenvalue weighted by atomic mass is 10.1. The fourth-order valence-electron chi connectivity index (χ4n) is 2.67. The monoisotopic (exact) mass is 389 g/mol. The number of aromatic nitrogens is 2. The van der Waals surface area contributed by atoms with Gasteiger partial charge in [-0.1, -0.05) is 36.3 Å². The van der Waals surface area contributed by atoms with Crippen LogP contribution in [0.25, 0.3) is 11.4 Å². The van der Waals surface area contributed by atoms with Crippen LogP contribution >= 0.6 is 0 Å². The fraction of sp³-hybridized carbons (Fsp3) is 0.471. The molecule has 0 saturated heterocycles. The molecule has 1 aliphatic rings. The molecule has 1 aromatic heterocycles. The number of hydrogen-bond acceptors (Lipinski definition) is 4. The van der Waals surface area contributed by atoms with Gasteiger partial charge in [0.25, 0.3) is 5.92 Å². The average molecular weight is 389 g/mol. The lowest BCUT2D eigenvalue weighted by Gasteiger charge is -2.22. The summed E-state index contributed by atoms with van der Waals surface area (Å²) in [5, 5.41) is 3.29. The summed E-state index contributed by atoms with van der Waals surface area (Å²) in [4.78, 5) is 16.9. The number of nitrogens with zero attached hydrogens (tertiary/aromatic N) is 3. The highest BCUT2D eigenvalue weighted by atomic mass is 19.4. The summed E-state index contributed by atoms with van der Waals surface area (Å²) >= 11 is 0. The van der Waals surface area contributed by atoms with Gasteiger partial charge in [-0.3, -0.25) is 4.79 Å². The van der Waals surface area contributed by atoms with Crippen LogP contribution in [0.4, 0.5) is 22.0 Å². The van der Waals surface area contributed by atoms with Crippen LogP contribution in [0.5, 0.6) is 0 Å². The average Bonchev–Trinajstić information content (AvgIpc) is 3.01. The molecule has 1 aliphatic carbocycles. The van der Waals surface area contributed by atoms with Crippen LogP contribution in [-0.2, 0) is 17.5 Å². The standard InChI is InChI=1S/C17H16F5N3O2/c1-2-7-25(14(26)12-8-16(12,18)19)9-10-3-5-11(6-4-10)13-23-15(27-24-13)17(20,21)22/h3-6,12H,2,7-9H2,1H3. The Kier molecular flexibility index (Phi) is 4.92. The van der Waals surface area contributed by atoms with Gasteiger partial charge in [0, 0.05) is 25.1 Å². The van der Waals surface area contributed by atoms with Gasteiger partial charge < -0.3 is 9.42 Å². The highest BCUT2D eigenvalue weighted by Crippen LogP contribution is 2.49. The highest BCUT2D eigenvalue weighted by molar-refractivity contribution is 5.83. The van der Waals surface area contributed by atoms with Gasteiger partial charge in [-0.2, -0.15) is 18.2 Å². The first-order chi connectivity index (χ1) is 12.6. The predicted molar refractivity (Wildman–Crippen MR) is 83.5 cm³/mol. The van der Waals surface area contributed by atoms with Crippen molar-refractivity contribution in [2.75, 3.05) is 6.54 Å². The van der Waals surface area contributed by atoms with Gasteiger partial charge in [0.2, 0.25) is 11.7 Å². The molecular weight excluding hydrogens is 373 g/mol. The fourth-order valence-corrected chi connectivity index (χ4v) is 2.67. The topological polar surface area (TPSA) is 59.2 Å². The van der Waals surface area contributed by atoms with E-state index in [4.69, 9.17) is 0 Å². The lowest BCUT2D eigenvalue weighted by molar-refractivity contribution is -0.159. The van der Waals surface area contributed by atoms with Crippen LogP contribution in [0.2, 0.25) is 0 Å². The van der Waals surface area contributed by atoms with Crippen molar-refractivity contribution >= 4 is 5.91 Å². The van der Waals surface area contributed by atoms with Crippen LogP contribution in [0.1, 0.15) is 31.2 Å². The summed E-state index contributed by atoms with van der Waals surface area (Å²) in [7, 11) is 0. The minimum Gasteiger partial charge on any atom is -0.338 e. The quantitative estimate of drug-likeness (QED) is 0.697. The van der Waals surface area contributed by atoms with E-state index in [9.17, 15) is 26.7 Å². The first-order valence-electron chi connectivity index (χ1n) is 8.28. The molecule has 1 atom stereocenters. The van der Waals surface area contributed by atoms with Crippen molar-refractivity contribution < 1.29 is 31.3 Å². The number of amides is 1. The van der Waals surface area contributed by atoms with Crippen LogP contribution in [0.3, 0.4) is 0 Å². The lowest BCUT2D eigenvalue weighted by Crippen LogP contribution is -2.33. The van der Waals surface area contributed by atoms with Crippen LogP contribution in [0.15, 0.2) is 28.8 Å². The first kappa shape index (κ1) is 19.2. The third-order valence-electron chi connectivity index (χ3n) is 4.18. The molecule has 1 unspecified atom stereocenters. The summed E-state index contributed by atoms with van der Waals surface area (Å²) < 4.78 is 68.0. The molecule has 1 aromatic carbocycles. The van der Waals surface area contributed by atoms with Crippen LogP contribution < -0.4 is 0 Å². The van der Waals surface area contributed by atoms with Crippen molar-refractivity contribution in [1.82, 2.24) is 15.0 Å². The van der Waals surface area contributed by atoms with E-state index in [-0.39, 0.29) is 12.4 Å². The smallest absolute Gasteiger partial charge is 0.338 e. The number of carbonyl (C=O) groups excluding carboxylic acids is 1. The Balaban J connectivity index is 1.70. The number of halogens is 5. The minimum atomic E-state index is -4.73. The van der Waals surface area contributed by atoms with E-state index in [1.807, 2.05) is 6.92 Å². The molecule has 1 saturated carbocycles. The first-order valence-corrected chi connectivity index (χ1v) is 8.28. The summed E-state index contributed by atoms with van der Waals surface area (Å²) in [5.41, 5.74) is 0.962. The number of carbonyl (C=O) groups is 1. The second kappa shape index (κ2) is 6.90. The minimum absolute atomic E-state index is 0.138. The molecule has 0 aliphatic heterocycles. The predicted octanol–water partition coefficient (Wildman–Crippen LogP) is 4.15. The number of benzene rings is 1. The van der Waals surface area contributed by atoms with E-state index in [0.717, 1.165) is 0 Å². The maximum absolute atomic E-state index is 13.2. The second-order valence-corrected chi connectivity index (χ2v) is 6.40. The summed E-state index contributed by atoms with van der Waals surface area (Å²) in [6.45, 7) is 2.31. The van der Waals surface area contributed by atoms with Crippen molar-refractivity contribution in [2.45, 2.75) is 38.4 Å². The van der Waals surface area contributed by atoms with E-state index in [0.29, 0.717) is 24.1 Å². The molecule has 2 aromatic rings. The molecule has 1 fully saturated rings. The third kappa shape index (κ3) is 4.25. The van der Waals surface area contributed by atoms with Gasteiger partial charge in [-0.25, -0.2) is 8.78 Å². The zero-order chi connectivity index (χ0) is 19.8. The van der Waals surface area contributed by atoms with E-state index in [1.165, 1.54) is 17.0 Å². The van der Waals surface area contributed by atoms with Crippen molar-refractivity contribution in [1.29, 1.82) is 0 Å². The molecule has 0 spiro atoms. The SMILES string of the molecule is CCCN(Cc1ccc(-c2noc(C(F)(F)F)n2)cc1)C(=O)C1CC1(F)F. The summed E-state index contributed by atoms with van der Waals surface area (Å²) in [6, 6.07) is 6.14. The van der Waals surface area contributed by atoms with Gasteiger partial charge in [0.05, 0.1) is 0 Å². The van der Waals surface area contributed by atoms with Crippen molar-refractivity contribution in [3.05, 3.63) is 35.7 Å². The Morgan fingerprint density at radius 3 is 2.41 bits per heavy atom. The molecule has 3 rings (SSSR count). The third-order valence-corrected chi connectivity index (χ3v) is 4.18. The zero-order valence-electron chi connectivity index (χ0n) is 14.3. The molecule has 146 valence electrons. The van der Waals surface area contributed by atoms with Crippen molar-refractivity contribution in [3.63, 3.8) is 0 Å². The second-order valence-electron chi connectivity index (χ2n) is 6.40. The summed E-state index contributed by atoms with van der Waals surface area (Å²) in [6.07, 6.45) is -4.54. The maximum atomic E-state index is 13.2. The Morgan fingerprint density at radius 1 is 1.30 bits per heavy atom. The van der Waals surface area contributed by atoms with Crippen LogP contribution in [-0.4, -0.2) is 33.4 Å². The van der Waals surface area contributed by atoms with E-state index in [2.05, 4.69) is 14.7 Å². The largest absolute Gasteiger partial charge is 0.471 e. The molecule has 10 heteroatoms. The molecule has 5 nitrogen and oxygen atoms in total. The molecular formula is C17H16F5N3O2. The van der Waals surface area contributed by atoms with Gasteiger partial charge in [-0.15, -0.1) is 0 Å². The zero-order valence-corrected chi connectivity index (χ0v) is 14.3. The van der Waals surface area contributed by atoms with Crippen molar-refractivity contribution in [3.8, 4) is 11.4 Å². The highest BCUT2D eigenvalue weighted by Gasteiger charge is 2.62. The number of hydrogen-bond donors (Lipinski definition) is 0. The maximum Gasteiger partial charge on any atom is 0.471 e. The molecule has 0 bridgehead atoms. The molecule has 0 radical (unpaired) electrons. The van der Waals surface area contributed by atoms with E-state index < -0.39 is 36.2 Å². The molecule has 27 heavy (non-hydrogen) atoms. The van der Waals surface area contributed by atoms with Gasteiger partial charge in [-0.05, 0) is 12.0 Å². The molecule has 0 N–H and O–H groups in total. The van der Waals surface area contributed by atoms with E-state index in [1.54, 1.807) is 12.1 Å². The van der Waals surface area contributed by atoms with Gasteiger partial charge in [0.15, 0.2) is 0 Å². The molecule has 1 heterocycles. The van der Waals surface area contributed by atoms with Crippen molar-refractivity contribution in [2.24, 2.45) is 5.92 Å². The van der Waals surface area contributed by atoms with Crippen LogP contribution in [0, 0.1) is 5.92 Å². The van der Waals surface area contributed by atoms with Gasteiger partial charge in [0.1, 0.15) is 5.92 Å². The van der Waals surface area contributed by atoms with E-state index >= 15 is 0 Å². The summed E-state index contributed by atoms with van der Waals surface area (Å²) in [5.74, 6) is -6.43. The normalized spacial score (nSPS) is 18.4. The number of alkyl halides is 5. The molecule has 1 amide bonds. The Morgan fingerprint density at radius 2 is 1.93 bits per heavy atom.